The fraction of sp³-hybridized carbons (Fsp3) is 0.200. The van der Waals surface area contributed by atoms with Gasteiger partial charge in [-0.1, -0.05) is 31.2 Å². The number of nitrogens with two attached hydrogens (primary N) is 1. The molecule has 6 heteroatoms. The van der Waals surface area contributed by atoms with Gasteiger partial charge >= 0.3 is 0 Å². The number of anilines is 1. The highest BCUT2D eigenvalue weighted by Gasteiger charge is 2.20. The van der Waals surface area contributed by atoms with Crippen LogP contribution >= 0.6 is 0 Å². The van der Waals surface area contributed by atoms with Gasteiger partial charge in [0.15, 0.2) is 0 Å². The van der Waals surface area contributed by atoms with E-state index in [0.29, 0.717) is 23.6 Å². The molecule has 1 unspecified atom stereocenters. The second-order valence-corrected chi connectivity index (χ2v) is 5.60. The van der Waals surface area contributed by atoms with E-state index in [1.807, 2.05) is 43.3 Å². The highest BCUT2D eigenvalue weighted by molar-refractivity contribution is 6.08. The van der Waals surface area contributed by atoms with Crippen molar-refractivity contribution in [1.82, 2.24) is 5.32 Å². The van der Waals surface area contributed by atoms with Crippen LogP contribution < -0.4 is 21.1 Å². The first-order valence-electron chi connectivity index (χ1n) is 8.34. The predicted octanol–water partition coefficient (Wildman–Crippen LogP) is 2.93. The Morgan fingerprint density at radius 2 is 2.00 bits per heavy atom. The predicted molar refractivity (Wildman–Crippen MR) is 105 cm³/mol. The first kappa shape index (κ1) is 19.2. The van der Waals surface area contributed by atoms with Crippen molar-refractivity contribution in [3.8, 4) is 5.75 Å². The van der Waals surface area contributed by atoms with Gasteiger partial charge in [0.2, 0.25) is 5.91 Å². The van der Waals surface area contributed by atoms with Crippen molar-refractivity contribution in [1.29, 1.82) is 5.41 Å². The first-order chi connectivity index (χ1) is 12.6. The lowest BCUT2D eigenvalue weighted by molar-refractivity contribution is -0.118. The Bertz CT molecular complexity index is 785. The van der Waals surface area contributed by atoms with E-state index < -0.39 is 6.04 Å². The van der Waals surface area contributed by atoms with E-state index in [2.05, 4.69) is 10.6 Å². The number of hydrogen-bond acceptors (Lipinski definition) is 5. The Morgan fingerprint density at radius 1 is 1.27 bits per heavy atom. The van der Waals surface area contributed by atoms with Crippen LogP contribution in [0.2, 0.25) is 0 Å². The van der Waals surface area contributed by atoms with E-state index >= 15 is 0 Å². The van der Waals surface area contributed by atoms with Crippen LogP contribution in [-0.4, -0.2) is 25.8 Å². The largest absolute Gasteiger partial charge is 0.497 e. The number of methoxy groups -OCH3 is 1. The SMILES string of the molecule is CCNC(C(=O)Nc1ccc(/C(C=N)=C/N)cc1)c1cccc(OC)c1. The minimum absolute atomic E-state index is 0.158. The molecule has 0 heterocycles. The van der Waals surface area contributed by atoms with Gasteiger partial charge in [-0.3, -0.25) is 4.79 Å². The molecule has 2 aromatic rings. The summed E-state index contributed by atoms with van der Waals surface area (Å²) in [6.45, 7) is 2.60. The summed E-state index contributed by atoms with van der Waals surface area (Å²) in [5, 5.41) is 13.4. The Morgan fingerprint density at radius 3 is 2.58 bits per heavy atom. The van der Waals surface area contributed by atoms with E-state index in [1.165, 1.54) is 12.4 Å². The molecule has 0 aromatic heterocycles. The zero-order chi connectivity index (χ0) is 18.9. The third kappa shape index (κ3) is 4.70. The molecule has 6 nitrogen and oxygen atoms in total. The normalized spacial score (nSPS) is 12.3. The van der Waals surface area contributed by atoms with Crippen LogP contribution in [0.5, 0.6) is 5.75 Å². The number of likely N-dealkylation sites (N-methyl/N-ethyl adjacent to an activating group) is 1. The molecule has 26 heavy (non-hydrogen) atoms. The summed E-state index contributed by atoms with van der Waals surface area (Å²) in [6.07, 6.45) is 2.57. The van der Waals surface area contributed by atoms with Gasteiger partial charge in [-0.2, -0.15) is 0 Å². The second-order valence-electron chi connectivity index (χ2n) is 5.60. The topological polar surface area (TPSA) is 100 Å². The molecule has 1 amide bonds. The molecule has 0 aliphatic carbocycles. The van der Waals surface area contributed by atoms with Crippen molar-refractivity contribution >= 4 is 23.4 Å². The van der Waals surface area contributed by atoms with E-state index in [-0.39, 0.29) is 5.91 Å². The molecule has 0 saturated heterocycles. The Balaban J connectivity index is 2.18. The second kappa shape index (κ2) is 9.39. The Hall–Kier alpha value is -3.12. The van der Waals surface area contributed by atoms with Gasteiger partial charge in [0.1, 0.15) is 11.8 Å². The molecule has 0 bridgehead atoms. The molecule has 0 spiro atoms. The molecule has 1 atom stereocenters. The van der Waals surface area contributed by atoms with E-state index in [0.717, 1.165) is 11.1 Å². The molecular weight excluding hydrogens is 328 g/mol. The van der Waals surface area contributed by atoms with Gasteiger partial charge < -0.3 is 26.5 Å². The number of ether oxygens (including phenoxy) is 1. The fourth-order valence-electron chi connectivity index (χ4n) is 2.58. The number of amides is 1. The van der Waals surface area contributed by atoms with Gasteiger partial charge in [0, 0.05) is 23.7 Å². The molecule has 2 aromatic carbocycles. The quantitative estimate of drug-likeness (QED) is 0.549. The molecule has 0 saturated carbocycles. The monoisotopic (exact) mass is 352 g/mol. The van der Waals surface area contributed by atoms with Crippen molar-refractivity contribution in [2.45, 2.75) is 13.0 Å². The summed E-state index contributed by atoms with van der Waals surface area (Å²) >= 11 is 0. The maximum Gasteiger partial charge on any atom is 0.246 e. The van der Waals surface area contributed by atoms with Gasteiger partial charge in [0.25, 0.3) is 0 Å². The smallest absolute Gasteiger partial charge is 0.246 e. The first-order valence-corrected chi connectivity index (χ1v) is 8.34. The Kier molecular flexibility index (Phi) is 6.93. The highest BCUT2D eigenvalue weighted by atomic mass is 16.5. The molecule has 5 N–H and O–H groups in total. The lowest BCUT2D eigenvalue weighted by Gasteiger charge is -2.19. The van der Waals surface area contributed by atoms with Gasteiger partial charge in [0.05, 0.1) is 7.11 Å². The number of carbonyl (C=O) groups is 1. The molecule has 0 aliphatic rings. The summed E-state index contributed by atoms with van der Waals surface area (Å²) in [7, 11) is 1.60. The van der Waals surface area contributed by atoms with Crippen LogP contribution in [0, 0.1) is 5.41 Å². The molecule has 0 fully saturated rings. The van der Waals surface area contributed by atoms with E-state index in [1.54, 1.807) is 19.2 Å². The number of hydrogen-bond donors (Lipinski definition) is 4. The Labute approximate surface area is 153 Å². The fourth-order valence-corrected chi connectivity index (χ4v) is 2.58. The average molecular weight is 352 g/mol. The number of rotatable bonds is 8. The third-order valence-electron chi connectivity index (χ3n) is 3.92. The number of nitrogens with one attached hydrogen (secondary N) is 3. The summed E-state index contributed by atoms with van der Waals surface area (Å²) in [5.74, 6) is 0.546. The van der Waals surface area contributed by atoms with Crippen molar-refractivity contribution in [3.05, 3.63) is 65.9 Å². The molecule has 2 rings (SSSR count). The molecule has 0 radical (unpaired) electrons. The zero-order valence-electron chi connectivity index (χ0n) is 15.0. The van der Waals surface area contributed by atoms with Crippen LogP contribution in [0.15, 0.2) is 54.7 Å². The highest BCUT2D eigenvalue weighted by Crippen LogP contribution is 2.22. The summed E-state index contributed by atoms with van der Waals surface area (Å²) < 4.78 is 5.24. The number of carbonyl (C=O) groups excluding carboxylic acids is 1. The summed E-state index contributed by atoms with van der Waals surface area (Å²) in [6, 6.07) is 14.1. The van der Waals surface area contributed by atoms with Crippen LogP contribution in [0.4, 0.5) is 5.69 Å². The van der Waals surface area contributed by atoms with Crippen molar-refractivity contribution in [3.63, 3.8) is 0 Å². The number of benzene rings is 2. The van der Waals surface area contributed by atoms with E-state index in [9.17, 15) is 4.79 Å². The lowest BCUT2D eigenvalue weighted by atomic mass is 10.0. The maximum atomic E-state index is 12.8. The maximum absolute atomic E-state index is 12.8. The van der Waals surface area contributed by atoms with Crippen molar-refractivity contribution in [2.24, 2.45) is 5.73 Å². The van der Waals surface area contributed by atoms with Crippen LogP contribution in [0.25, 0.3) is 5.57 Å². The van der Waals surface area contributed by atoms with Crippen LogP contribution in [0.3, 0.4) is 0 Å². The van der Waals surface area contributed by atoms with Gasteiger partial charge in [-0.25, -0.2) is 0 Å². The van der Waals surface area contributed by atoms with Gasteiger partial charge in [-0.15, -0.1) is 0 Å². The molecule has 136 valence electrons. The standard InChI is InChI=1S/C20H24N4O2/c1-3-23-19(15-5-4-6-18(11-15)26-2)20(25)24-17-9-7-14(8-10-17)16(12-21)13-22/h4-13,19,21,23H,3,22H2,1-2H3,(H,24,25)/b16-13+,21-12?. The van der Waals surface area contributed by atoms with Crippen LogP contribution in [0.1, 0.15) is 24.1 Å². The third-order valence-corrected chi connectivity index (χ3v) is 3.92. The zero-order valence-corrected chi connectivity index (χ0v) is 15.0. The summed E-state index contributed by atoms with van der Waals surface area (Å²) in [4.78, 5) is 12.8. The lowest BCUT2D eigenvalue weighted by Crippen LogP contribution is -2.32. The van der Waals surface area contributed by atoms with Crippen LogP contribution in [-0.2, 0) is 4.79 Å². The molecular formula is C20H24N4O2. The molecule has 0 aliphatic heterocycles. The van der Waals surface area contributed by atoms with E-state index in [4.69, 9.17) is 15.9 Å². The summed E-state index contributed by atoms with van der Waals surface area (Å²) in [5.41, 5.74) is 8.43. The van der Waals surface area contributed by atoms with Crippen molar-refractivity contribution in [2.75, 3.05) is 19.0 Å². The average Bonchev–Trinajstić information content (AvgIpc) is 2.68. The van der Waals surface area contributed by atoms with Gasteiger partial charge in [-0.05, 0) is 41.9 Å². The minimum Gasteiger partial charge on any atom is -0.497 e. The van der Waals surface area contributed by atoms with Crippen molar-refractivity contribution < 1.29 is 9.53 Å². The number of allylic oxidation sites excluding steroid dienone is 1. The minimum atomic E-state index is -0.490.